The molecule has 1 aliphatic rings. The largest absolute Gasteiger partial charge is 0.573 e. The summed E-state index contributed by atoms with van der Waals surface area (Å²) >= 11 is 0. The number of alkyl halides is 3. The van der Waals surface area contributed by atoms with Crippen molar-refractivity contribution < 1.29 is 31.1 Å². The van der Waals surface area contributed by atoms with Crippen molar-refractivity contribution in [3.05, 3.63) is 54.1 Å². The van der Waals surface area contributed by atoms with Gasteiger partial charge >= 0.3 is 6.36 Å². The minimum atomic E-state index is -4.80. The van der Waals surface area contributed by atoms with E-state index in [0.717, 1.165) is 12.1 Å². The predicted octanol–water partition coefficient (Wildman–Crippen LogP) is 3.82. The van der Waals surface area contributed by atoms with E-state index in [9.17, 15) is 26.4 Å². The lowest BCUT2D eigenvalue weighted by Gasteiger charge is -2.10. The number of anilines is 1. The average Bonchev–Trinajstić information content (AvgIpc) is 2.94. The van der Waals surface area contributed by atoms with Crippen molar-refractivity contribution in [1.29, 1.82) is 0 Å². The summed E-state index contributed by atoms with van der Waals surface area (Å²) in [4.78, 5) is 16.5. The van der Waals surface area contributed by atoms with Gasteiger partial charge in [0.25, 0.3) is 10.0 Å². The molecule has 2 aromatic rings. The number of ether oxygens (including phenoxy) is 1. The van der Waals surface area contributed by atoms with Gasteiger partial charge in [0, 0.05) is 30.3 Å². The summed E-state index contributed by atoms with van der Waals surface area (Å²) in [5, 5.41) is 2.53. The number of amidine groups is 1. The van der Waals surface area contributed by atoms with Gasteiger partial charge in [-0.3, -0.25) is 14.5 Å². The lowest BCUT2D eigenvalue weighted by atomic mass is 10.1. The van der Waals surface area contributed by atoms with Gasteiger partial charge in [-0.2, -0.15) is 0 Å². The quantitative estimate of drug-likeness (QED) is 0.592. The molecule has 0 saturated carbocycles. The van der Waals surface area contributed by atoms with Crippen LogP contribution in [0.4, 0.5) is 18.9 Å². The molecule has 0 radical (unpaired) electrons. The van der Waals surface area contributed by atoms with Crippen molar-refractivity contribution in [2.75, 3.05) is 11.9 Å². The Morgan fingerprint density at radius 3 is 2.61 bits per heavy atom. The zero-order chi connectivity index (χ0) is 22.5. The Bertz CT molecular complexity index is 1090. The number of hydrogen-bond acceptors (Lipinski definition) is 5. The molecular weight excluding hydrogens is 435 g/mol. The topological polar surface area (TPSA) is 96.9 Å². The van der Waals surface area contributed by atoms with E-state index in [1.54, 1.807) is 18.2 Å². The minimum absolute atomic E-state index is 0.191. The summed E-state index contributed by atoms with van der Waals surface area (Å²) in [5.74, 6) is -0.421. The van der Waals surface area contributed by atoms with Crippen LogP contribution in [0.3, 0.4) is 0 Å². The number of benzene rings is 2. The number of carbonyl (C=O) groups is 1. The second-order valence-electron chi connectivity index (χ2n) is 6.77. The van der Waals surface area contributed by atoms with E-state index in [-0.39, 0.29) is 22.9 Å². The molecule has 31 heavy (non-hydrogen) atoms. The minimum Gasteiger partial charge on any atom is -0.406 e. The van der Waals surface area contributed by atoms with E-state index < -0.39 is 22.1 Å². The summed E-state index contributed by atoms with van der Waals surface area (Å²) in [7, 11) is -3.56. The molecule has 1 amide bonds. The fourth-order valence-corrected chi connectivity index (χ4v) is 4.26. The van der Waals surface area contributed by atoms with E-state index in [0.29, 0.717) is 37.2 Å². The van der Waals surface area contributed by atoms with Crippen molar-refractivity contribution in [2.45, 2.75) is 36.9 Å². The Morgan fingerprint density at radius 1 is 1.06 bits per heavy atom. The highest BCUT2D eigenvalue weighted by Gasteiger charge is 2.31. The molecule has 0 saturated heterocycles. The monoisotopic (exact) mass is 455 g/mol. The fraction of sp³-hybridized carbons (Fsp3) is 0.300. The number of rotatable bonds is 8. The summed E-state index contributed by atoms with van der Waals surface area (Å²) < 4.78 is 67.1. The van der Waals surface area contributed by atoms with Gasteiger partial charge in [0.1, 0.15) is 11.6 Å². The number of sulfonamides is 1. The zero-order valence-corrected chi connectivity index (χ0v) is 17.1. The molecule has 3 rings (SSSR count). The van der Waals surface area contributed by atoms with Crippen LogP contribution in [0.1, 0.15) is 31.2 Å². The van der Waals surface area contributed by atoms with Crippen molar-refractivity contribution >= 4 is 27.5 Å². The van der Waals surface area contributed by atoms with Crippen LogP contribution in [0.5, 0.6) is 5.75 Å². The van der Waals surface area contributed by atoms with Gasteiger partial charge in [-0.05, 0) is 37.1 Å². The molecule has 0 aromatic heterocycles. The molecule has 0 fully saturated rings. The summed E-state index contributed by atoms with van der Waals surface area (Å²) in [6.45, 7) is 0.393. The Hall–Kier alpha value is -3.08. The van der Waals surface area contributed by atoms with Gasteiger partial charge in [0.05, 0.1) is 4.90 Å². The molecule has 0 aliphatic carbocycles. The standard InChI is InChI=1S/C20H20F3N3O4S/c21-20(22,23)30-15-8-6-7-14(13-15)25-18(27)11-2-1-5-12-24-19-16-9-3-4-10-17(16)31(28,29)26-19/h3-4,6-10,13H,1-2,5,11-12H2,(H,24,26)(H,25,27). The van der Waals surface area contributed by atoms with E-state index in [1.165, 1.54) is 18.2 Å². The fourth-order valence-electron chi connectivity index (χ4n) is 3.01. The van der Waals surface area contributed by atoms with Crippen LogP contribution in [0.2, 0.25) is 0 Å². The van der Waals surface area contributed by atoms with E-state index >= 15 is 0 Å². The normalized spacial score (nSPS) is 15.9. The van der Waals surface area contributed by atoms with Crippen molar-refractivity contribution in [2.24, 2.45) is 4.99 Å². The van der Waals surface area contributed by atoms with Crippen LogP contribution in [0.15, 0.2) is 58.4 Å². The SMILES string of the molecule is O=C(CCCCCN=C1NS(=O)(=O)c2ccccc21)Nc1cccc(OC(F)(F)F)c1. The number of amides is 1. The number of aliphatic imine (C=N–C) groups is 1. The number of halogens is 3. The van der Waals surface area contributed by atoms with Gasteiger partial charge in [-0.25, -0.2) is 8.42 Å². The van der Waals surface area contributed by atoms with Gasteiger partial charge < -0.3 is 10.1 Å². The smallest absolute Gasteiger partial charge is 0.406 e. The second-order valence-corrected chi connectivity index (χ2v) is 8.42. The predicted molar refractivity (Wildman–Crippen MR) is 108 cm³/mol. The first kappa shape index (κ1) is 22.6. The van der Waals surface area contributed by atoms with E-state index in [1.807, 2.05) is 0 Å². The summed E-state index contributed by atoms with van der Waals surface area (Å²) in [6, 6.07) is 11.7. The molecule has 2 N–H and O–H groups in total. The highest BCUT2D eigenvalue weighted by Crippen LogP contribution is 2.25. The molecule has 0 atom stereocenters. The first-order valence-corrected chi connectivity index (χ1v) is 10.9. The van der Waals surface area contributed by atoms with E-state index in [4.69, 9.17) is 0 Å². The second kappa shape index (κ2) is 9.38. The summed E-state index contributed by atoms with van der Waals surface area (Å²) in [6.07, 6.45) is -2.73. The highest BCUT2D eigenvalue weighted by molar-refractivity contribution is 7.90. The number of hydrogen-bond donors (Lipinski definition) is 2. The van der Waals surface area contributed by atoms with Gasteiger partial charge in [-0.15, -0.1) is 13.2 Å². The molecule has 1 aliphatic heterocycles. The Balaban J connectivity index is 1.40. The molecule has 1 heterocycles. The highest BCUT2D eigenvalue weighted by atomic mass is 32.2. The van der Waals surface area contributed by atoms with Gasteiger partial charge in [0.15, 0.2) is 0 Å². The molecule has 0 unspecified atom stereocenters. The number of unbranched alkanes of at least 4 members (excludes halogenated alkanes) is 2. The molecule has 166 valence electrons. The van der Waals surface area contributed by atoms with Gasteiger partial charge in [-0.1, -0.05) is 24.6 Å². The van der Waals surface area contributed by atoms with E-state index in [2.05, 4.69) is 19.8 Å². The average molecular weight is 455 g/mol. The van der Waals surface area contributed by atoms with Crippen LogP contribution < -0.4 is 14.8 Å². The maximum absolute atomic E-state index is 12.3. The first-order chi connectivity index (χ1) is 14.6. The molecule has 2 aromatic carbocycles. The van der Waals surface area contributed by atoms with Crippen LogP contribution in [-0.2, 0) is 14.8 Å². The van der Waals surface area contributed by atoms with Crippen LogP contribution in [-0.4, -0.2) is 33.1 Å². The lowest BCUT2D eigenvalue weighted by Crippen LogP contribution is -2.22. The maximum Gasteiger partial charge on any atom is 0.573 e. The van der Waals surface area contributed by atoms with Crippen molar-refractivity contribution in [3.8, 4) is 5.75 Å². The van der Waals surface area contributed by atoms with Crippen LogP contribution >= 0.6 is 0 Å². The third kappa shape index (κ3) is 6.45. The van der Waals surface area contributed by atoms with Crippen LogP contribution in [0.25, 0.3) is 0 Å². The Kier molecular flexibility index (Phi) is 6.84. The third-order valence-corrected chi connectivity index (χ3v) is 5.74. The molecule has 11 heteroatoms. The Labute approximate surface area is 177 Å². The maximum atomic E-state index is 12.3. The molecule has 7 nitrogen and oxygen atoms in total. The molecular formula is C20H20F3N3O4S. The lowest BCUT2D eigenvalue weighted by molar-refractivity contribution is -0.274. The Morgan fingerprint density at radius 2 is 1.84 bits per heavy atom. The van der Waals surface area contributed by atoms with Gasteiger partial charge in [0.2, 0.25) is 5.91 Å². The number of nitrogens with zero attached hydrogens (tertiary/aromatic N) is 1. The first-order valence-electron chi connectivity index (χ1n) is 9.46. The zero-order valence-electron chi connectivity index (χ0n) is 16.3. The third-order valence-electron chi connectivity index (χ3n) is 4.35. The molecule has 0 spiro atoms. The summed E-state index contributed by atoms with van der Waals surface area (Å²) in [5.41, 5.74) is 0.754. The number of fused-ring (bicyclic) bond motifs is 1. The number of carbonyl (C=O) groups excluding carboxylic acids is 1. The van der Waals surface area contributed by atoms with Crippen molar-refractivity contribution in [1.82, 2.24) is 4.72 Å². The van der Waals surface area contributed by atoms with Crippen LogP contribution in [0, 0.1) is 0 Å². The number of nitrogens with one attached hydrogen (secondary N) is 2. The van der Waals surface area contributed by atoms with Crippen molar-refractivity contribution in [3.63, 3.8) is 0 Å². The molecule has 0 bridgehead atoms.